The lowest BCUT2D eigenvalue weighted by atomic mass is 10.1. The van der Waals surface area contributed by atoms with Crippen molar-refractivity contribution in [3.05, 3.63) is 40.0 Å². The van der Waals surface area contributed by atoms with Crippen LogP contribution in [0.15, 0.2) is 28.7 Å². The van der Waals surface area contributed by atoms with E-state index in [-0.39, 0.29) is 0 Å². The van der Waals surface area contributed by atoms with Gasteiger partial charge in [-0.3, -0.25) is 4.79 Å². The Labute approximate surface area is 131 Å². The third kappa shape index (κ3) is 3.18. The van der Waals surface area contributed by atoms with Crippen LogP contribution in [0.4, 0.5) is 5.69 Å². The van der Waals surface area contributed by atoms with E-state index in [4.69, 9.17) is 10.5 Å². The van der Waals surface area contributed by atoms with Gasteiger partial charge in [0.15, 0.2) is 0 Å². The Morgan fingerprint density at radius 1 is 1.52 bits per heavy atom. The third-order valence-electron chi connectivity index (χ3n) is 3.12. The van der Waals surface area contributed by atoms with Crippen LogP contribution in [0.5, 0.6) is 5.88 Å². The number of methoxy groups -OCH3 is 1. The number of aryl methyl sites for hydroxylation is 2. The highest BCUT2D eigenvalue weighted by Gasteiger charge is 2.27. The minimum absolute atomic E-state index is 0.496. The minimum Gasteiger partial charge on any atom is -0.481 e. The lowest BCUT2D eigenvalue weighted by molar-refractivity contribution is -0.118. The van der Waals surface area contributed by atoms with Gasteiger partial charge in [-0.15, -0.1) is 0 Å². The Balaban J connectivity index is 2.43. The Kier molecular flexibility index (Phi) is 4.52. The number of halogens is 1. The number of carbonyl (C=O) groups is 1. The van der Waals surface area contributed by atoms with Crippen molar-refractivity contribution in [2.75, 3.05) is 12.4 Å². The van der Waals surface area contributed by atoms with Crippen LogP contribution in [0.1, 0.15) is 17.3 Å². The SMILES string of the molecule is COc1c(C(Nc2cccc(Br)c2)C(N)=O)c(C)nn1C. The lowest BCUT2D eigenvalue weighted by Crippen LogP contribution is -2.28. The van der Waals surface area contributed by atoms with Gasteiger partial charge in [-0.1, -0.05) is 22.0 Å². The van der Waals surface area contributed by atoms with Crippen LogP contribution in [0.3, 0.4) is 0 Å². The van der Waals surface area contributed by atoms with Gasteiger partial charge in [-0.25, -0.2) is 4.68 Å². The monoisotopic (exact) mass is 352 g/mol. The van der Waals surface area contributed by atoms with Gasteiger partial charge in [0.1, 0.15) is 6.04 Å². The van der Waals surface area contributed by atoms with Gasteiger partial charge in [0.05, 0.1) is 18.4 Å². The van der Waals surface area contributed by atoms with Crippen LogP contribution in [0.2, 0.25) is 0 Å². The molecule has 0 aliphatic rings. The number of carbonyl (C=O) groups excluding carboxylic acids is 1. The molecule has 2 rings (SSSR count). The molecule has 112 valence electrons. The molecule has 2 aromatic rings. The molecule has 1 heterocycles. The number of hydrogen-bond acceptors (Lipinski definition) is 4. The Morgan fingerprint density at radius 3 is 2.81 bits per heavy atom. The first kappa shape index (κ1) is 15.4. The molecule has 0 bridgehead atoms. The number of nitrogens with two attached hydrogens (primary N) is 1. The second-order valence-corrected chi connectivity index (χ2v) is 5.54. The van der Waals surface area contributed by atoms with Crippen molar-refractivity contribution in [2.45, 2.75) is 13.0 Å². The summed E-state index contributed by atoms with van der Waals surface area (Å²) >= 11 is 3.39. The van der Waals surface area contributed by atoms with E-state index >= 15 is 0 Å². The van der Waals surface area contributed by atoms with Crippen LogP contribution >= 0.6 is 15.9 Å². The molecule has 21 heavy (non-hydrogen) atoms. The largest absolute Gasteiger partial charge is 0.481 e. The topological polar surface area (TPSA) is 82.2 Å². The molecule has 0 aliphatic heterocycles. The maximum atomic E-state index is 11.9. The molecule has 1 aromatic carbocycles. The summed E-state index contributed by atoms with van der Waals surface area (Å²) < 4.78 is 7.83. The normalized spacial score (nSPS) is 12.0. The fourth-order valence-corrected chi connectivity index (χ4v) is 2.66. The predicted octanol–water partition coefficient (Wildman–Crippen LogP) is 2.14. The van der Waals surface area contributed by atoms with Gasteiger partial charge in [-0.05, 0) is 25.1 Å². The zero-order valence-electron chi connectivity index (χ0n) is 12.1. The lowest BCUT2D eigenvalue weighted by Gasteiger charge is -2.18. The maximum Gasteiger partial charge on any atom is 0.244 e. The van der Waals surface area contributed by atoms with Crippen LogP contribution in [0, 0.1) is 6.92 Å². The van der Waals surface area contributed by atoms with Crippen molar-refractivity contribution in [3.8, 4) is 5.88 Å². The van der Waals surface area contributed by atoms with E-state index in [1.54, 1.807) is 11.7 Å². The Morgan fingerprint density at radius 2 is 2.24 bits per heavy atom. The molecule has 1 atom stereocenters. The van der Waals surface area contributed by atoms with Gasteiger partial charge in [-0.2, -0.15) is 5.10 Å². The molecule has 6 nitrogen and oxygen atoms in total. The van der Waals surface area contributed by atoms with Crippen molar-refractivity contribution in [1.29, 1.82) is 0 Å². The molecule has 0 radical (unpaired) electrons. The zero-order chi connectivity index (χ0) is 15.6. The fourth-order valence-electron chi connectivity index (χ4n) is 2.26. The van der Waals surface area contributed by atoms with Crippen molar-refractivity contribution in [2.24, 2.45) is 12.8 Å². The predicted molar refractivity (Wildman–Crippen MR) is 84.2 cm³/mol. The van der Waals surface area contributed by atoms with Crippen molar-refractivity contribution in [3.63, 3.8) is 0 Å². The van der Waals surface area contributed by atoms with Crippen LogP contribution in [-0.2, 0) is 11.8 Å². The Bertz CT molecular complexity index is 669. The molecule has 3 N–H and O–H groups in total. The van der Waals surface area contributed by atoms with Gasteiger partial charge in [0.25, 0.3) is 0 Å². The van der Waals surface area contributed by atoms with E-state index in [0.717, 1.165) is 10.2 Å². The average molecular weight is 353 g/mol. The second kappa shape index (κ2) is 6.17. The summed E-state index contributed by atoms with van der Waals surface area (Å²) in [6.45, 7) is 1.82. The van der Waals surface area contributed by atoms with E-state index in [2.05, 4.69) is 26.3 Å². The minimum atomic E-state index is -0.719. The molecular weight excluding hydrogens is 336 g/mol. The molecule has 1 amide bonds. The molecule has 1 unspecified atom stereocenters. The number of nitrogens with zero attached hydrogens (tertiary/aromatic N) is 2. The van der Waals surface area contributed by atoms with E-state index in [1.807, 2.05) is 31.2 Å². The first-order valence-electron chi connectivity index (χ1n) is 6.33. The van der Waals surface area contributed by atoms with Crippen molar-refractivity contribution >= 4 is 27.5 Å². The van der Waals surface area contributed by atoms with Crippen LogP contribution in [0.25, 0.3) is 0 Å². The summed E-state index contributed by atoms with van der Waals surface area (Å²) in [5.74, 6) is 0.0168. The summed E-state index contributed by atoms with van der Waals surface area (Å²) in [5, 5.41) is 7.41. The van der Waals surface area contributed by atoms with E-state index in [0.29, 0.717) is 17.1 Å². The van der Waals surface area contributed by atoms with Crippen molar-refractivity contribution < 1.29 is 9.53 Å². The molecule has 0 saturated carbocycles. The number of rotatable bonds is 5. The van der Waals surface area contributed by atoms with E-state index < -0.39 is 11.9 Å². The number of primary amides is 1. The fraction of sp³-hybridized carbons (Fsp3) is 0.286. The quantitative estimate of drug-likeness (QED) is 0.863. The smallest absolute Gasteiger partial charge is 0.244 e. The first-order valence-corrected chi connectivity index (χ1v) is 7.12. The van der Waals surface area contributed by atoms with Crippen molar-refractivity contribution in [1.82, 2.24) is 9.78 Å². The molecular formula is C14H17BrN4O2. The Hall–Kier alpha value is -2.02. The van der Waals surface area contributed by atoms with Gasteiger partial charge in [0, 0.05) is 17.2 Å². The summed E-state index contributed by atoms with van der Waals surface area (Å²) in [6.07, 6.45) is 0. The maximum absolute atomic E-state index is 11.9. The third-order valence-corrected chi connectivity index (χ3v) is 3.61. The highest BCUT2D eigenvalue weighted by Crippen LogP contribution is 2.31. The number of ether oxygens (including phenoxy) is 1. The van der Waals surface area contributed by atoms with E-state index in [1.165, 1.54) is 7.11 Å². The van der Waals surface area contributed by atoms with Gasteiger partial charge < -0.3 is 15.8 Å². The van der Waals surface area contributed by atoms with Crippen LogP contribution in [-0.4, -0.2) is 22.8 Å². The van der Waals surface area contributed by atoms with Crippen LogP contribution < -0.4 is 15.8 Å². The van der Waals surface area contributed by atoms with Gasteiger partial charge >= 0.3 is 0 Å². The summed E-state index contributed by atoms with van der Waals surface area (Å²) in [7, 11) is 3.30. The first-order chi connectivity index (χ1) is 9.93. The molecule has 0 saturated heterocycles. The summed E-state index contributed by atoms with van der Waals surface area (Å²) in [4.78, 5) is 11.9. The zero-order valence-corrected chi connectivity index (χ0v) is 13.6. The summed E-state index contributed by atoms with van der Waals surface area (Å²) in [6, 6.07) is 6.79. The van der Waals surface area contributed by atoms with E-state index in [9.17, 15) is 4.79 Å². The highest BCUT2D eigenvalue weighted by molar-refractivity contribution is 9.10. The number of benzene rings is 1. The molecule has 0 spiro atoms. The second-order valence-electron chi connectivity index (χ2n) is 4.62. The molecule has 0 fully saturated rings. The number of nitrogens with one attached hydrogen (secondary N) is 1. The molecule has 0 aliphatic carbocycles. The number of hydrogen-bond donors (Lipinski definition) is 2. The number of aromatic nitrogens is 2. The standard InChI is InChI=1S/C14H17BrN4O2/c1-8-11(14(21-3)19(2)18-8)12(13(16)20)17-10-6-4-5-9(15)7-10/h4-7,12,17H,1-3H3,(H2,16,20). The average Bonchev–Trinajstić information content (AvgIpc) is 2.69. The molecule has 7 heteroatoms. The highest BCUT2D eigenvalue weighted by atomic mass is 79.9. The van der Waals surface area contributed by atoms with Gasteiger partial charge in [0.2, 0.25) is 11.8 Å². The summed E-state index contributed by atoms with van der Waals surface area (Å²) in [5.41, 5.74) is 7.67. The number of anilines is 1. The number of amides is 1. The molecule has 1 aromatic heterocycles.